The highest BCUT2D eigenvalue weighted by Crippen LogP contribution is 2.20. The smallest absolute Gasteiger partial charge is 0.219 e. The van der Waals surface area contributed by atoms with Crippen LogP contribution in [0.25, 0.3) is 0 Å². The molecule has 0 fully saturated rings. The van der Waals surface area contributed by atoms with Gasteiger partial charge >= 0.3 is 0 Å². The molecule has 0 spiro atoms. The summed E-state index contributed by atoms with van der Waals surface area (Å²) in [6.07, 6.45) is 0.287. The number of anilines is 1. The Labute approximate surface area is 154 Å². The maximum Gasteiger partial charge on any atom is 0.219 e. The van der Waals surface area contributed by atoms with Crippen molar-refractivity contribution in [3.63, 3.8) is 0 Å². The average molecular weight is 358 g/mol. The third kappa shape index (κ3) is 6.20. The molecule has 2 N–H and O–H groups in total. The van der Waals surface area contributed by atoms with Gasteiger partial charge in [0.15, 0.2) is 0 Å². The molecule has 1 amide bonds. The largest absolute Gasteiger partial charge is 0.497 e. The number of nitrogens with two attached hydrogens (primary N) is 1. The van der Waals surface area contributed by atoms with Gasteiger partial charge < -0.3 is 24.8 Å². The average Bonchev–Trinajstić information content (AvgIpc) is 2.66. The van der Waals surface area contributed by atoms with Crippen LogP contribution in [0.5, 0.6) is 17.2 Å². The molecular weight excluding hydrogens is 332 g/mol. The predicted octanol–water partition coefficient (Wildman–Crippen LogP) is 2.85. The van der Waals surface area contributed by atoms with Crippen molar-refractivity contribution in [3.8, 4) is 17.2 Å². The van der Waals surface area contributed by atoms with E-state index in [9.17, 15) is 4.79 Å². The molecule has 0 aliphatic heterocycles. The van der Waals surface area contributed by atoms with Crippen molar-refractivity contribution in [2.45, 2.75) is 13.3 Å². The van der Waals surface area contributed by atoms with Crippen LogP contribution >= 0.6 is 0 Å². The van der Waals surface area contributed by atoms with Crippen LogP contribution in [0.2, 0.25) is 0 Å². The molecule has 26 heavy (non-hydrogen) atoms. The van der Waals surface area contributed by atoms with E-state index in [1.165, 1.54) is 0 Å². The van der Waals surface area contributed by atoms with Crippen LogP contribution in [0, 0.1) is 0 Å². The Morgan fingerprint density at radius 3 is 2.04 bits per heavy atom. The molecule has 0 radical (unpaired) electrons. The molecule has 0 heterocycles. The molecule has 6 heteroatoms. The zero-order valence-electron chi connectivity index (χ0n) is 15.3. The number of carbonyl (C=O) groups is 1. The Bertz CT molecular complexity index is 671. The lowest BCUT2D eigenvalue weighted by Gasteiger charge is -2.24. The number of primary amides is 1. The molecular formula is C20H26N2O4. The standard InChI is InChI=1S/C20H26N2O4/c1-3-25-18-8-10-19(11-9-18)26-15-14-22(13-12-20(21)23)16-4-6-17(24-2)7-5-16/h4-11H,3,12-15H2,1-2H3,(H2,21,23). The first-order valence-electron chi connectivity index (χ1n) is 8.65. The SMILES string of the molecule is CCOc1ccc(OCCN(CCC(N)=O)c2ccc(OC)cc2)cc1. The lowest BCUT2D eigenvalue weighted by molar-refractivity contribution is -0.117. The Morgan fingerprint density at radius 2 is 1.50 bits per heavy atom. The van der Waals surface area contributed by atoms with Gasteiger partial charge in [-0.1, -0.05) is 0 Å². The number of nitrogens with zero attached hydrogens (tertiary/aromatic N) is 1. The summed E-state index contributed by atoms with van der Waals surface area (Å²) in [6, 6.07) is 15.2. The van der Waals surface area contributed by atoms with Crippen LogP contribution in [-0.4, -0.2) is 39.3 Å². The van der Waals surface area contributed by atoms with Crippen LogP contribution in [0.1, 0.15) is 13.3 Å². The number of rotatable bonds is 11. The summed E-state index contributed by atoms with van der Waals surface area (Å²) in [5, 5.41) is 0. The number of hydrogen-bond donors (Lipinski definition) is 1. The number of methoxy groups -OCH3 is 1. The first kappa shape index (κ1) is 19.4. The third-order valence-electron chi connectivity index (χ3n) is 3.83. The minimum Gasteiger partial charge on any atom is -0.497 e. The quantitative estimate of drug-likeness (QED) is 0.669. The maximum absolute atomic E-state index is 11.1. The molecule has 2 aromatic rings. The van der Waals surface area contributed by atoms with Gasteiger partial charge in [-0.15, -0.1) is 0 Å². The summed E-state index contributed by atoms with van der Waals surface area (Å²) >= 11 is 0. The van der Waals surface area contributed by atoms with Gasteiger partial charge in [-0.25, -0.2) is 0 Å². The summed E-state index contributed by atoms with van der Waals surface area (Å²) in [6.45, 7) is 4.24. The van der Waals surface area contributed by atoms with Gasteiger partial charge in [-0.3, -0.25) is 4.79 Å². The van der Waals surface area contributed by atoms with Crippen molar-refractivity contribution in [1.29, 1.82) is 0 Å². The van der Waals surface area contributed by atoms with Crippen LogP contribution in [0.15, 0.2) is 48.5 Å². The summed E-state index contributed by atoms with van der Waals surface area (Å²) < 4.78 is 16.4. The zero-order chi connectivity index (χ0) is 18.8. The van der Waals surface area contributed by atoms with Gasteiger partial charge in [0.1, 0.15) is 23.9 Å². The molecule has 0 saturated heterocycles. The second-order valence-electron chi connectivity index (χ2n) is 5.65. The van der Waals surface area contributed by atoms with Crippen molar-refractivity contribution in [2.75, 3.05) is 38.3 Å². The van der Waals surface area contributed by atoms with Crippen LogP contribution in [0.3, 0.4) is 0 Å². The lowest BCUT2D eigenvalue weighted by atomic mass is 10.2. The third-order valence-corrected chi connectivity index (χ3v) is 3.83. The molecule has 2 aromatic carbocycles. The molecule has 0 aromatic heterocycles. The van der Waals surface area contributed by atoms with Gasteiger partial charge in [0, 0.05) is 18.7 Å². The summed E-state index contributed by atoms with van der Waals surface area (Å²) in [7, 11) is 1.63. The van der Waals surface area contributed by atoms with E-state index >= 15 is 0 Å². The van der Waals surface area contributed by atoms with E-state index in [1.807, 2.05) is 55.5 Å². The fraction of sp³-hybridized carbons (Fsp3) is 0.350. The summed E-state index contributed by atoms with van der Waals surface area (Å²) in [5.74, 6) is 2.06. The lowest BCUT2D eigenvalue weighted by Crippen LogP contribution is -2.31. The minimum absolute atomic E-state index is 0.287. The van der Waals surface area contributed by atoms with Crippen molar-refractivity contribution in [3.05, 3.63) is 48.5 Å². The second kappa shape index (κ2) is 10.2. The fourth-order valence-corrected chi connectivity index (χ4v) is 2.48. The van der Waals surface area contributed by atoms with Gasteiger partial charge in [0.25, 0.3) is 0 Å². The van der Waals surface area contributed by atoms with E-state index in [4.69, 9.17) is 19.9 Å². The van der Waals surface area contributed by atoms with Crippen molar-refractivity contribution in [2.24, 2.45) is 5.73 Å². The molecule has 140 valence electrons. The normalized spacial score (nSPS) is 10.2. The summed E-state index contributed by atoms with van der Waals surface area (Å²) in [5.41, 5.74) is 6.28. The van der Waals surface area contributed by atoms with Crippen LogP contribution in [-0.2, 0) is 4.79 Å². The van der Waals surface area contributed by atoms with E-state index in [0.717, 1.165) is 22.9 Å². The number of hydrogen-bond acceptors (Lipinski definition) is 5. The van der Waals surface area contributed by atoms with Gasteiger partial charge in [-0.2, -0.15) is 0 Å². The number of benzene rings is 2. The minimum atomic E-state index is -0.323. The topological polar surface area (TPSA) is 74.0 Å². The van der Waals surface area contributed by atoms with Crippen LogP contribution in [0.4, 0.5) is 5.69 Å². The van der Waals surface area contributed by atoms with Crippen molar-refractivity contribution in [1.82, 2.24) is 0 Å². The van der Waals surface area contributed by atoms with Crippen LogP contribution < -0.4 is 24.8 Å². The van der Waals surface area contributed by atoms with Gasteiger partial charge in [0.2, 0.25) is 5.91 Å². The Hall–Kier alpha value is -2.89. The molecule has 6 nitrogen and oxygen atoms in total. The van der Waals surface area contributed by atoms with Gasteiger partial charge in [0.05, 0.1) is 20.3 Å². The predicted molar refractivity (Wildman–Crippen MR) is 102 cm³/mol. The van der Waals surface area contributed by atoms with E-state index in [1.54, 1.807) is 7.11 Å². The Balaban J connectivity index is 1.93. The van der Waals surface area contributed by atoms with Crippen molar-refractivity contribution >= 4 is 11.6 Å². The molecule has 0 unspecified atom stereocenters. The maximum atomic E-state index is 11.1. The molecule has 0 atom stereocenters. The molecule has 0 bridgehead atoms. The highest BCUT2D eigenvalue weighted by atomic mass is 16.5. The van der Waals surface area contributed by atoms with E-state index in [-0.39, 0.29) is 12.3 Å². The van der Waals surface area contributed by atoms with Gasteiger partial charge in [-0.05, 0) is 55.5 Å². The molecule has 0 aliphatic carbocycles. The molecule has 2 rings (SSSR count). The fourth-order valence-electron chi connectivity index (χ4n) is 2.48. The number of ether oxygens (including phenoxy) is 3. The molecule has 0 aliphatic rings. The van der Waals surface area contributed by atoms with E-state index in [0.29, 0.717) is 26.3 Å². The van der Waals surface area contributed by atoms with E-state index < -0.39 is 0 Å². The van der Waals surface area contributed by atoms with E-state index in [2.05, 4.69) is 4.90 Å². The first-order chi connectivity index (χ1) is 12.6. The second-order valence-corrected chi connectivity index (χ2v) is 5.65. The summed E-state index contributed by atoms with van der Waals surface area (Å²) in [4.78, 5) is 13.2. The monoisotopic (exact) mass is 358 g/mol. The Kier molecular flexibility index (Phi) is 7.61. The highest BCUT2D eigenvalue weighted by molar-refractivity contribution is 5.74. The zero-order valence-corrected chi connectivity index (χ0v) is 15.3. The number of carbonyl (C=O) groups excluding carboxylic acids is 1. The van der Waals surface area contributed by atoms with Crippen molar-refractivity contribution < 1.29 is 19.0 Å². The number of amides is 1. The molecule has 0 saturated carbocycles. The highest BCUT2D eigenvalue weighted by Gasteiger charge is 2.09. The first-order valence-corrected chi connectivity index (χ1v) is 8.65. The Morgan fingerprint density at radius 1 is 0.923 bits per heavy atom.